The minimum absolute atomic E-state index is 0.0449. The third kappa shape index (κ3) is 4.37. The molecule has 1 aromatic carbocycles. The van der Waals surface area contributed by atoms with Crippen LogP contribution in [-0.2, 0) is 9.53 Å². The second kappa shape index (κ2) is 6.59. The van der Waals surface area contributed by atoms with Gasteiger partial charge in [0.1, 0.15) is 5.75 Å². The highest BCUT2D eigenvalue weighted by Crippen LogP contribution is 2.28. The molecular weight excluding hydrogens is 334 g/mol. The van der Waals surface area contributed by atoms with E-state index >= 15 is 0 Å². The molecule has 104 valence electrons. The number of hydrogen-bond acceptors (Lipinski definition) is 3. The Balaban J connectivity index is 1.75. The third-order valence-electron chi connectivity index (χ3n) is 2.71. The van der Waals surface area contributed by atoms with Gasteiger partial charge in [0.05, 0.1) is 17.2 Å². The molecule has 4 nitrogen and oxygen atoms in total. The minimum Gasteiger partial charge on any atom is -0.482 e. The summed E-state index contributed by atoms with van der Waals surface area (Å²) in [6.07, 6.45) is 1.03. The summed E-state index contributed by atoms with van der Waals surface area (Å²) < 4.78 is 11.6. The quantitative estimate of drug-likeness (QED) is 0.860. The summed E-state index contributed by atoms with van der Waals surface area (Å²) in [6.45, 7) is 2.56. The fourth-order valence-corrected chi connectivity index (χ4v) is 2.43. The van der Waals surface area contributed by atoms with E-state index in [4.69, 9.17) is 21.1 Å². The minimum atomic E-state index is -0.161. The van der Waals surface area contributed by atoms with Crippen molar-refractivity contribution in [2.45, 2.75) is 25.5 Å². The highest BCUT2D eigenvalue weighted by molar-refractivity contribution is 9.10. The van der Waals surface area contributed by atoms with Gasteiger partial charge < -0.3 is 14.8 Å². The van der Waals surface area contributed by atoms with E-state index in [1.54, 1.807) is 12.1 Å². The normalized spacial score (nSPS) is 21.0. The molecule has 1 aliphatic rings. The lowest BCUT2D eigenvalue weighted by atomic mass is 10.3. The fourth-order valence-electron chi connectivity index (χ4n) is 1.71. The van der Waals surface area contributed by atoms with Crippen molar-refractivity contribution in [1.29, 1.82) is 0 Å². The average molecular weight is 349 g/mol. The van der Waals surface area contributed by atoms with E-state index in [0.717, 1.165) is 10.9 Å². The number of amides is 1. The summed E-state index contributed by atoms with van der Waals surface area (Å²) in [7, 11) is 0. The van der Waals surface area contributed by atoms with Crippen molar-refractivity contribution < 1.29 is 14.3 Å². The second-order valence-corrected chi connectivity index (χ2v) is 5.59. The zero-order chi connectivity index (χ0) is 13.8. The number of carbonyl (C=O) groups excluding carboxylic acids is 1. The molecule has 0 radical (unpaired) electrons. The summed E-state index contributed by atoms with van der Waals surface area (Å²) in [6, 6.07) is 5.38. The molecule has 2 rings (SSSR count). The van der Waals surface area contributed by atoms with Crippen molar-refractivity contribution in [3.63, 3.8) is 0 Å². The van der Waals surface area contributed by atoms with Gasteiger partial charge in [-0.1, -0.05) is 27.5 Å². The number of nitrogens with one attached hydrogen (secondary N) is 1. The molecule has 1 amide bonds. The van der Waals surface area contributed by atoms with Crippen molar-refractivity contribution in [2.24, 2.45) is 0 Å². The largest absolute Gasteiger partial charge is 0.482 e. The van der Waals surface area contributed by atoms with Gasteiger partial charge in [-0.3, -0.25) is 4.79 Å². The summed E-state index contributed by atoms with van der Waals surface area (Å²) in [5.41, 5.74) is 0. The summed E-state index contributed by atoms with van der Waals surface area (Å²) >= 11 is 9.29. The molecule has 0 heterocycles. The SMILES string of the molecule is CCOC1CC1NC(=O)COc1ccc(Br)cc1Cl. The Morgan fingerprint density at radius 2 is 2.37 bits per heavy atom. The van der Waals surface area contributed by atoms with Crippen LogP contribution in [-0.4, -0.2) is 31.3 Å². The smallest absolute Gasteiger partial charge is 0.258 e. The first-order chi connectivity index (χ1) is 9.10. The van der Waals surface area contributed by atoms with Crippen molar-refractivity contribution in [3.8, 4) is 5.75 Å². The molecule has 1 fully saturated rings. The number of halogens is 2. The van der Waals surface area contributed by atoms with E-state index in [0.29, 0.717) is 17.4 Å². The Labute approximate surface area is 125 Å². The predicted octanol–water partition coefficient (Wildman–Crippen LogP) is 2.77. The first-order valence-corrected chi connectivity index (χ1v) is 7.26. The molecule has 1 aromatic rings. The number of benzene rings is 1. The molecule has 1 aliphatic carbocycles. The van der Waals surface area contributed by atoms with E-state index in [1.807, 2.05) is 13.0 Å². The Hall–Kier alpha value is -0.780. The average Bonchev–Trinajstić information content (AvgIpc) is 3.06. The molecule has 2 atom stereocenters. The fraction of sp³-hybridized carbons (Fsp3) is 0.462. The maximum Gasteiger partial charge on any atom is 0.258 e. The van der Waals surface area contributed by atoms with Gasteiger partial charge >= 0.3 is 0 Å². The molecule has 6 heteroatoms. The molecule has 19 heavy (non-hydrogen) atoms. The van der Waals surface area contributed by atoms with Crippen LogP contribution in [0.5, 0.6) is 5.75 Å². The van der Waals surface area contributed by atoms with Gasteiger partial charge in [-0.05, 0) is 31.5 Å². The third-order valence-corrected chi connectivity index (χ3v) is 3.50. The van der Waals surface area contributed by atoms with Crippen LogP contribution in [0.3, 0.4) is 0 Å². The van der Waals surface area contributed by atoms with Crippen LogP contribution >= 0.6 is 27.5 Å². The zero-order valence-electron chi connectivity index (χ0n) is 10.5. The van der Waals surface area contributed by atoms with Gasteiger partial charge in [-0.2, -0.15) is 0 Å². The standard InChI is InChI=1S/C13H15BrClNO3/c1-2-18-12-6-10(12)16-13(17)7-19-11-4-3-8(14)5-9(11)15/h3-5,10,12H,2,6-7H2,1H3,(H,16,17). The molecule has 2 unspecified atom stereocenters. The maximum absolute atomic E-state index is 11.7. The molecule has 0 bridgehead atoms. The van der Waals surface area contributed by atoms with E-state index in [9.17, 15) is 4.79 Å². The van der Waals surface area contributed by atoms with Crippen LogP contribution in [0.15, 0.2) is 22.7 Å². The van der Waals surface area contributed by atoms with Crippen LogP contribution in [0.1, 0.15) is 13.3 Å². The first-order valence-electron chi connectivity index (χ1n) is 6.09. The van der Waals surface area contributed by atoms with Crippen molar-refractivity contribution in [1.82, 2.24) is 5.32 Å². The van der Waals surface area contributed by atoms with Gasteiger partial charge in [0.25, 0.3) is 5.91 Å². The van der Waals surface area contributed by atoms with Crippen LogP contribution < -0.4 is 10.1 Å². The molecule has 1 saturated carbocycles. The Kier molecular flexibility index (Phi) is 5.07. The molecule has 1 N–H and O–H groups in total. The molecule has 0 aromatic heterocycles. The number of rotatable bonds is 6. The van der Waals surface area contributed by atoms with E-state index in [2.05, 4.69) is 21.2 Å². The van der Waals surface area contributed by atoms with Crippen molar-refractivity contribution >= 4 is 33.4 Å². The van der Waals surface area contributed by atoms with E-state index in [-0.39, 0.29) is 24.7 Å². The lowest BCUT2D eigenvalue weighted by molar-refractivity contribution is -0.123. The topological polar surface area (TPSA) is 47.6 Å². The predicted molar refractivity (Wildman–Crippen MR) is 76.6 cm³/mol. The van der Waals surface area contributed by atoms with Gasteiger partial charge in [0, 0.05) is 11.1 Å². The number of ether oxygens (including phenoxy) is 2. The highest BCUT2D eigenvalue weighted by Gasteiger charge is 2.39. The van der Waals surface area contributed by atoms with E-state index in [1.165, 1.54) is 0 Å². The van der Waals surface area contributed by atoms with Crippen LogP contribution in [0.2, 0.25) is 5.02 Å². The highest BCUT2D eigenvalue weighted by atomic mass is 79.9. The molecule has 0 aliphatic heterocycles. The van der Waals surface area contributed by atoms with Crippen LogP contribution in [0, 0.1) is 0 Å². The van der Waals surface area contributed by atoms with Crippen LogP contribution in [0.4, 0.5) is 0 Å². The maximum atomic E-state index is 11.7. The summed E-state index contributed by atoms with van der Waals surface area (Å²) in [5.74, 6) is 0.336. The lowest BCUT2D eigenvalue weighted by Crippen LogP contribution is -2.32. The van der Waals surface area contributed by atoms with Gasteiger partial charge in [0.15, 0.2) is 6.61 Å². The van der Waals surface area contributed by atoms with Gasteiger partial charge in [0.2, 0.25) is 0 Å². The van der Waals surface area contributed by atoms with Gasteiger partial charge in [-0.15, -0.1) is 0 Å². The number of hydrogen-bond donors (Lipinski definition) is 1. The van der Waals surface area contributed by atoms with Crippen molar-refractivity contribution in [3.05, 3.63) is 27.7 Å². The monoisotopic (exact) mass is 347 g/mol. The summed E-state index contributed by atoms with van der Waals surface area (Å²) in [5, 5.41) is 3.32. The zero-order valence-corrected chi connectivity index (χ0v) is 12.8. The Bertz CT molecular complexity index is 469. The second-order valence-electron chi connectivity index (χ2n) is 4.27. The van der Waals surface area contributed by atoms with Crippen LogP contribution in [0.25, 0.3) is 0 Å². The van der Waals surface area contributed by atoms with E-state index < -0.39 is 0 Å². The molecule has 0 saturated heterocycles. The van der Waals surface area contributed by atoms with Gasteiger partial charge in [-0.25, -0.2) is 0 Å². The number of carbonyl (C=O) groups is 1. The molecular formula is C13H15BrClNO3. The molecule has 0 spiro atoms. The van der Waals surface area contributed by atoms with Crippen molar-refractivity contribution in [2.75, 3.05) is 13.2 Å². The Morgan fingerprint density at radius 1 is 1.58 bits per heavy atom. The Morgan fingerprint density at radius 3 is 3.05 bits per heavy atom. The summed E-state index contributed by atoms with van der Waals surface area (Å²) in [4.78, 5) is 11.7. The lowest BCUT2D eigenvalue weighted by Gasteiger charge is -2.09. The first kappa shape index (κ1) is 14.6.